The molecule has 0 atom stereocenters. The van der Waals surface area contributed by atoms with Gasteiger partial charge in [-0.05, 0) is 62.7 Å². The molecule has 0 radical (unpaired) electrons. The molecule has 1 amide bonds. The monoisotopic (exact) mass is 419 g/mol. The molecule has 1 aliphatic carbocycles. The lowest BCUT2D eigenvalue weighted by Gasteiger charge is -2.35. The number of amides is 1. The lowest BCUT2D eigenvalue weighted by atomic mass is 10.1. The topological polar surface area (TPSA) is 53.4 Å². The molecule has 1 fully saturated rings. The molecule has 0 saturated carbocycles. The Morgan fingerprint density at radius 2 is 1.74 bits per heavy atom. The van der Waals surface area contributed by atoms with E-state index < -0.39 is 0 Å². The highest BCUT2D eigenvalue weighted by molar-refractivity contribution is 6.06. The molecule has 1 aliphatic heterocycles. The van der Waals surface area contributed by atoms with Crippen LogP contribution < -0.4 is 10.2 Å². The number of halogens is 1. The van der Waals surface area contributed by atoms with Crippen LogP contribution in [0, 0.1) is 5.82 Å². The van der Waals surface area contributed by atoms with Crippen LogP contribution in [0.2, 0.25) is 0 Å². The molecule has 1 saturated heterocycles. The average Bonchev–Trinajstić information content (AvgIpc) is 3.38. The highest BCUT2D eigenvalue weighted by Gasteiger charge is 2.28. The normalized spacial score (nSPS) is 16.4. The van der Waals surface area contributed by atoms with Gasteiger partial charge in [-0.3, -0.25) is 4.79 Å². The predicted octanol–water partition coefficient (Wildman–Crippen LogP) is 3.50. The van der Waals surface area contributed by atoms with Crippen molar-refractivity contribution in [3.05, 3.63) is 71.3 Å². The van der Waals surface area contributed by atoms with E-state index in [-0.39, 0.29) is 11.7 Å². The van der Waals surface area contributed by atoms with Crippen LogP contribution in [0.5, 0.6) is 0 Å². The van der Waals surface area contributed by atoms with Gasteiger partial charge in [0.15, 0.2) is 5.69 Å². The summed E-state index contributed by atoms with van der Waals surface area (Å²) in [4.78, 5) is 17.9. The van der Waals surface area contributed by atoms with Gasteiger partial charge in [0.1, 0.15) is 5.82 Å². The Hall–Kier alpha value is -3.19. The number of likely N-dealkylation sites (N-methyl/N-ethyl adjacent to an activating group) is 1. The van der Waals surface area contributed by atoms with Gasteiger partial charge in [0.25, 0.3) is 5.91 Å². The number of carbonyl (C=O) groups is 1. The minimum absolute atomic E-state index is 0.194. The molecule has 1 N–H and O–H groups in total. The van der Waals surface area contributed by atoms with Gasteiger partial charge in [0.2, 0.25) is 0 Å². The van der Waals surface area contributed by atoms with Gasteiger partial charge in [0, 0.05) is 37.4 Å². The minimum atomic E-state index is -0.286. The number of nitrogens with one attached hydrogen (secondary N) is 1. The second-order valence-corrected chi connectivity index (χ2v) is 8.28. The third-order valence-electron chi connectivity index (χ3n) is 6.21. The Labute approximate surface area is 181 Å². The van der Waals surface area contributed by atoms with Crippen LogP contribution in [0.15, 0.2) is 48.5 Å². The summed E-state index contributed by atoms with van der Waals surface area (Å²) in [5, 5.41) is 7.75. The maximum absolute atomic E-state index is 13.4. The van der Waals surface area contributed by atoms with Gasteiger partial charge in [0.05, 0.1) is 17.1 Å². The summed E-state index contributed by atoms with van der Waals surface area (Å²) in [7, 11) is 2.13. The summed E-state index contributed by atoms with van der Waals surface area (Å²) in [6.45, 7) is 3.85. The first kappa shape index (κ1) is 19.8. The van der Waals surface area contributed by atoms with Crippen LogP contribution in [0.1, 0.15) is 28.2 Å². The minimum Gasteiger partial charge on any atom is -0.367 e. The first-order chi connectivity index (χ1) is 15.1. The lowest BCUT2D eigenvalue weighted by Crippen LogP contribution is -2.44. The third-order valence-corrected chi connectivity index (χ3v) is 6.21. The van der Waals surface area contributed by atoms with Gasteiger partial charge in [-0.1, -0.05) is 12.1 Å². The average molecular weight is 420 g/mol. The quantitative estimate of drug-likeness (QED) is 0.703. The molecule has 5 rings (SSSR count). The second kappa shape index (κ2) is 8.15. The number of rotatable bonds is 4. The molecule has 0 unspecified atom stereocenters. The molecule has 1 aromatic heterocycles. The Balaban J connectivity index is 1.43. The van der Waals surface area contributed by atoms with E-state index in [9.17, 15) is 9.18 Å². The highest BCUT2D eigenvalue weighted by Crippen LogP contribution is 2.30. The number of piperazine rings is 1. The Bertz CT molecular complexity index is 1100. The number of aromatic nitrogens is 2. The van der Waals surface area contributed by atoms with Crippen molar-refractivity contribution in [2.75, 3.05) is 43.4 Å². The van der Waals surface area contributed by atoms with E-state index in [0.717, 1.165) is 73.8 Å². The zero-order valence-electron chi connectivity index (χ0n) is 17.6. The van der Waals surface area contributed by atoms with E-state index in [0.29, 0.717) is 5.69 Å². The summed E-state index contributed by atoms with van der Waals surface area (Å²) in [6, 6.07) is 14.2. The molecule has 2 heterocycles. The lowest BCUT2D eigenvalue weighted by molar-refractivity contribution is 0.102. The predicted molar refractivity (Wildman–Crippen MR) is 120 cm³/mol. The maximum atomic E-state index is 13.4. The molecular formula is C24H26FN5O. The number of carbonyl (C=O) groups excluding carboxylic acids is 1. The van der Waals surface area contributed by atoms with Crippen molar-refractivity contribution in [3.8, 4) is 5.69 Å². The molecule has 2 aromatic carbocycles. The number of anilines is 2. The Morgan fingerprint density at radius 3 is 2.52 bits per heavy atom. The zero-order valence-corrected chi connectivity index (χ0v) is 17.6. The van der Waals surface area contributed by atoms with Crippen LogP contribution in [0.25, 0.3) is 5.69 Å². The van der Waals surface area contributed by atoms with Gasteiger partial charge >= 0.3 is 0 Å². The summed E-state index contributed by atoms with van der Waals surface area (Å²) < 4.78 is 15.2. The van der Waals surface area contributed by atoms with Crippen molar-refractivity contribution in [1.82, 2.24) is 14.7 Å². The Morgan fingerprint density at radius 1 is 1.00 bits per heavy atom. The first-order valence-corrected chi connectivity index (χ1v) is 10.8. The fourth-order valence-electron chi connectivity index (χ4n) is 4.50. The van der Waals surface area contributed by atoms with E-state index in [4.69, 9.17) is 0 Å². The van der Waals surface area contributed by atoms with Crippen molar-refractivity contribution in [1.29, 1.82) is 0 Å². The SMILES string of the molecule is CN1CCN(c2ccccc2NC(=O)c2nn(-c3ccc(F)cc3)c3c2CCC3)CC1. The largest absolute Gasteiger partial charge is 0.367 e. The van der Waals surface area contributed by atoms with Gasteiger partial charge in [-0.15, -0.1) is 0 Å². The number of hydrogen-bond donors (Lipinski definition) is 1. The first-order valence-electron chi connectivity index (χ1n) is 10.8. The van der Waals surface area contributed by atoms with Crippen molar-refractivity contribution in [2.24, 2.45) is 0 Å². The molecule has 160 valence electrons. The molecule has 2 aliphatic rings. The van der Waals surface area contributed by atoms with Crippen molar-refractivity contribution >= 4 is 17.3 Å². The molecule has 0 bridgehead atoms. The Kier molecular flexibility index (Phi) is 5.19. The zero-order chi connectivity index (χ0) is 21.4. The summed E-state index contributed by atoms with van der Waals surface area (Å²) >= 11 is 0. The molecule has 3 aromatic rings. The summed E-state index contributed by atoms with van der Waals surface area (Å²) in [5.41, 5.74) is 5.13. The van der Waals surface area contributed by atoms with Crippen molar-refractivity contribution < 1.29 is 9.18 Å². The fraction of sp³-hybridized carbons (Fsp3) is 0.333. The molecular weight excluding hydrogens is 393 g/mol. The number of benzene rings is 2. The number of hydrogen-bond acceptors (Lipinski definition) is 4. The second-order valence-electron chi connectivity index (χ2n) is 8.28. The van der Waals surface area contributed by atoms with E-state index in [1.807, 2.05) is 18.2 Å². The van der Waals surface area contributed by atoms with E-state index in [1.54, 1.807) is 16.8 Å². The van der Waals surface area contributed by atoms with Crippen LogP contribution >= 0.6 is 0 Å². The molecule has 31 heavy (non-hydrogen) atoms. The van der Waals surface area contributed by atoms with Crippen LogP contribution in [0.4, 0.5) is 15.8 Å². The number of nitrogens with zero attached hydrogens (tertiary/aromatic N) is 4. The smallest absolute Gasteiger partial charge is 0.276 e. The van der Waals surface area contributed by atoms with Gasteiger partial charge in [-0.2, -0.15) is 5.10 Å². The summed E-state index contributed by atoms with van der Waals surface area (Å²) in [6.07, 6.45) is 2.69. The van der Waals surface area contributed by atoms with E-state index in [2.05, 4.69) is 33.3 Å². The van der Waals surface area contributed by atoms with Crippen LogP contribution in [-0.4, -0.2) is 53.8 Å². The van der Waals surface area contributed by atoms with Crippen molar-refractivity contribution in [3.63, 3.8) is 0 Å². The number of para-hydroxylation sites is 2. The third kappa shape index (κ3) is 3.81. The summed E-state index contributed by atoms with van der Waals surface area (Å²) in [5.74, 6) is -0.480. The molecule has 0 spiro atoms. The van der Waals surface area contributed by atoms with Gasteiger partial charge in [-0.25, -0.2) is 9.07 Å². The van der Waals surface area contributed by atoms with Gasteiger partial charge < -0.3 is 15.1 Å². The van der Waals surface area contributed by atoms with E-state index in [1.165, 1.54) is 12.1 Å². The van der Waals surface area contributed by atoms with Crippen LogP contribution in [0.3, 0.4) is 0 Å². The van der Waals surface area contributed by atoms with E-state index >= 15 is 0 Å². The standard InChI is InChI=1S/C24H26FN5O/c1-28-13-15-29(16-14-28)22-7-3-2-6-20(22)26-24(31)23-19-5-4-8-21(19)30(27-23)18-11-9-17(25)10-12-18/h2-3,6-7,9-12H,4-5,8,13-16H2,1H3,(H,26,31). The van der Waals surface area contributed by atoms with Crippen LogP contribution in [-0.2, 0) is 12.8 Å². The highest BCUT2D eigenvalue weighted by atomic mass is 19.1. The fourth-order valence-corrected chi connectivity index (χ4v) is 4.50. The van der Waals surface area contributed by atoms with Crippen molar-refractivity contribution in [2.45, 2.75) is 19.3 Å². The molecule has 6 nitrogen and oxygen atoms in total. The molecule has 7 heteroatoms. The maximum Gasteiger partial charge on any atom is 0.276 e. The number of fused-ring (bicyclic) bond motifs is 1.